The van der Waals surface area contributed by atoms with Crippen molar-refractivity contribution in [1.29, 1.82) is 5.41 Å². The molecule has 3 N–H and O–H groups in total. The number of nitrogens with one attached hydrogen (secondary N) is 1. The summed E-state index contributed by atoms with van der Waals surface area (Å²) in [6.45, 7) is 0.659. The maximum Gasteiger partial charge on any atom is 0.138 e. The first kappa shape index (κ1) is 15.0. The molecule has 0 saturated heterocycles. The van der Waals surface area contributed by atoms with E-state index in [0.717, 1.165) is 12.0 Å². The number of benzene rings is 2. The SMILES string of the molecule is COCCc1ccc(Oc2ccc(F)cc2C(=N)N)cc1. The molecule has 21 heavy (non-hydrogen) atoms. The fourth-order valence-electron chi connectivity index (χ4n) is 1.87. The first-order chi connectivity index (χ1) is 10.1. The van der Waals surface area contributed by atoms with E-state index in [1.165, 1.54) is 18.2 Å². The predicted molar refractivity (Wildman–Crippen MR) is 79.5 cm³/mol. The third-order valence-corrected chi connectivity index (χ3v) is 2.98. The fourth-order valence-corrected chi connectivity index (χ4v) is 1.87. The third-order valence-electron chi connectivity index (χ3n) is 2.98. The molecule has 110 valence electrons. The van der Waals surface area contributed by atoms with Crippen molar-refractivity contribution < 1.29 is 13.9 Å². The van der Waals surface area contributed by atoms with E-state index >= 15 is 0 Å². The van der Waals surface area contributed by atoms with Gasteiger partial charge in [0.25, 0.3) is 0 Å². The van der Waals surface area contributed by atoms with Crippen LogP contribution in [-0.4, -0.2) is 19.6 Å². The number of hydrogen-bond donors (Lipinski definition) is 2. The second kappa shape index (κ2) is 6.85. The predicted octanol–water partition coefficient (Wildman–Crippen LogP) is 3.09. The van der Waals surface area contributed by atoms with E-state index in [4.69, 9.17) is 20.6 Å². The Balaban J connectivity index is 2.16. The smallest absolute Gasteiger partial charge is 0.138 e. The van der Waals surface area contributed by atoms with Crippen molar-refractivity contribution in [2.75, 3.05) is 13.7 Å². The third kappa shape index (κ3) is 4.03. The molecule has 0 aromatic heterocycles. The zero-order valence-corrected chi connectivity index (χ0v) is 11.7. The lowest BCUT2D eigenvalue weighted by molar-refractivity contribution is 0.202. The minimum Gasteiger partial charge on any atom is -0.457 e. The maximum atomic E-state index is 13.2. The van der Waals surface area contributed by atoms with Crippen LogP contribution in [0.3, 0.4) is 0 Å². The van der Waals surface area contributed by atoms with Crippen LogP contribution in [-0.2, 0) is 11.2 Å². The van der Waals surface area contributed by atoms with Gasteiger partial charge in [-0.25, -0.2) is 4.39 Å². The molecule has 0 atom stereocenters. The van der Waals surface area contributed by atoms with Crippen molar-refractivity contribution in [2.45, 2.75) is 6.42 Å². The highest BCUT2D eigenvalue weighted by molar-refractivity contribution is 5.97. The Hall–Kier alpha value is -2.40. The lowest BCUT2D eigenvalue weighted by atomic mass is 10.1. The van der Waals surface area contributed by atoms with Crippen LogP contribution < -0.4 is 10.5 Å². The minimum absolute atomic E-state index is 0.235. The molecule has 0 aliphatic carbocycles. The summed E-state index contributed by atoms with van der Waals surface area (Å²) in [7, 11) is 1.66. The molecule has 0 heterocycles. The number of methoxy groups -OCH3 is 1. The van der Waals surface area contributed by atoms with Gasteiger partial charge in [-0.3, -0.25) is 5.41 Å². The number of nitrogens with two attached hydrogens (primary N) is 1. The van der Waals surface area contributed by atoms with Crippen LogP contribution in [0.15, 0.2) is 42.5 Å². The monoisotopic (exact) mass is 288 g/mol. The molecule has 0 saturated carbocycles. The van der Waals surface area contributed by atoms with E-state index in [9.17, 15) is 4.39 Å². The van der Waals surface area contributed by atoms with Crippen molar-refractivity contribution in [1.82, 2.24) is 0 Å². The average molecular weight is 288 g/mol. The first-order valence-electron chi connectivity index (χ1n) is 6.50. The average Bonchev–Trinajstić information content (AvgIpc) is 2.48. The second-order valence-electron chi connectivity index (χ2n) is 4.54. The van der Waals surface area contributed by atoms with Crippen molar-refractivity contribution >= 4 is 5.84 Å². The van der Waals surface area contributed by atoms with E-state index in [1.54, 1.807) is 7.11 Å². The first-order valence-corrected chi connectivity index (χ1v) is 6.50. The highest BCUT2D eigenvalue weighted by Gasteiger charge is 2.09. The molecule has 4 nitrogen and oxygen atoms in total. The number of nitrogen functional groups attached to an aromatic ring is 1. The molecule has 0 radical (unpaired) electrons. The summed E-state index contributed by atoms with van der Waals surface area (Å²) >= 11 is 0. The number of hydrogen-bond acceptors (Lipinski definition) is 3. The van der Waals surface area contributed by atoms with Gasteiger partial charge in [0.15, 0.2) is 0 Å². The molecule has 0 spiro atoms. The van der Waals surface area contributed by atoms with Crippen LogP contribution in [0.5, 0.6) is 11.5 Å². The summed E-state index contributed by atoms with van der Waals surface area (Å²) in [6.07, 6.45) is 0.825. The van der Waals surface area contributed by atoms with Gasteiger partial charge in [-0.05, 0) is 42.3 Å². The van der Waals surface area contributed by atoms with Crippen LogP contribution in [0, 0.1) is 11.2 Å². The topological polar surface area (TPSA) is 68.3 Å². The van der Waals surface area contributed by atoms with Crippen LogP contribution in [0.2, 0.25) is 0 Å². The second-order valence-corrected chi connectivity index (χ2v) is 4.54. The lowest BCUT2D eigenvalue weighted by Gasteiger charge is -2.11. The van der Waals surface area contributed by atoms with Crippen molar-refractivity contribution in [3.05, 3.63) is 59.4 Å². The Morgan fingerprint density at radius 2 is 1.90 bits per heavy atom. The Labute approximate surface area is 122 Å². The van der Waals surface area contributed by atoms with E-state index in [-0.39, 0.29) is 11.4 Å². The Morgan fingerprint density at radius 1 is 1.19 bits per heavy atom. The number of ether oxygens (including phenoxy) is 2. The van der Waals surface area contributed by atoms with E-state index < -0.39 is 5.82 Å². The molecule has 5 heteroatoms. The molecule has 2 aromatic rings. The highest BCUT2D eigenvalue weighted by Crippen LogP contribution is 2.26. The van der Waals surface area contributed by atoms with Crippen molar-refractivity contribution in [3.63, 3.8) is 0 Å². The molecule has 0 fully saturated rings. The van der Waals surface area contributed by atoms with Gasteiger partial charge >= 0.3 is 0 Å². The van der Waals surface area contributed by atoms with Crippen LogP contribution in [0.4, 0.5) is 4.39 Å². The van der Waals surface area contributed by atoms with Gasteiger partial charge < -0.3 is 15.2 Å². The summed E-state index contributed by atoms with van der Waals surface area (Å²) in [5.41, 5.74) is 6.81. The van der Waals surface area contributed by atoms with Crippen molar-refractivity contribution in [2.24, 2.45) is 5.73 Å². The molecule has 2 aromatic carbocycles. The summed E-state index contributed by atoms with van der Waals surface area (Å²) in [5.74, 6) is 0.266. The van der Waals surface area contributed by atoms with E-state index in [0.29, 0.717) is 18.1 Å². The molecular formula is C16H17FN2O2. The number of halogens is 1. The van der Waals surface area contributed by atoms with Crippen LogP contribution in [0.1, 0.15) is 11.1 Å². The maximum absolute atomic E-state index is 13.2. The molecule has 2 rings (SSSR count). The number of amidine groups is 1. The van der Waals surface area contributed by atoms with Crippen LogP contribution >= 0.6 is 0 Å². The van der Waals surface area contributed by atoms with Crippen molar-refractivity contribution in [3.8, 4) is 11.5 Å². The normalized spacial score (nSPS) is 10.4. The summed E-state index contributed by atoms with van der Waals surface area (Å²) in [5, 5.41) is 7.47. The van der Waals surface area contributed by atoms with Crippen LogP contribution in [0.25, 0.3) is 0 Å². The summed E-state index contributed by atoms with van der Waals surface area (Å²) in [4.78, 5) is 0. The molecule has 0 amide bonds. The van der Waals surface area contributed by atoms with Gasteiger partial charge in [0, 0.05) is 7.11 Å². The van der Waals surface area contributed by atoms with Gasteiger partial charge in [-0.15, -0.1) is 0 Å². The van der Waals surface area contributed by atoms with Gasteiger partial charge in [0.2, 0.25) is 0 Å². The Morgan fingerprint density at radius 3 is 2.52 bits per heavy atom. The summed E-state index contributed by atoms with van der Waals surface area (Å²) < 4.78 is 23.9. The fraction of sp³-hybridized carbons (Fsp3) is 0.188. The van der Waals surface area contributed by atoms with Gasteiger partial charge in [0.05, 0.1) is 12.2 Å². The largest absolute Gasteiger partial charge is 0.457 e. The standard InChI is InChI=1S/C16H17FN2O2/c1-20-9-8-11-2-5-13(6-3-11)21-15-7-4-12(17)10-14(15)16(18)19/h2-7,10H,8-9H2,1H3,(H3,18,19). The lowest BCUT2D eigenvalue weighted by Crippen LogP contribution is -2.12. The minimum atomic E-state index is -0.456. The molecule has 0 bridgehead atoms. The quantitative estimate of drug-likeness (QED) is 0.634. The number of rotatable bonds is 6. The molecule has 0 unspecified atom stereocenters. The zero-order chi connectivity index (χ0) is 15.2. The van der Waals surface area contributed by atoms with E-state index in [1.807, 2.05) is 24.3 Å². The van der Waals surface area contributed by atoms with Gasteiger partial charge in [0.1, 0.15) is 23.2 Å². The van der Waals surface area contributed by atoms with Gasteiger partial charge in [-0.2, -0.15) is 0 Å². The highest BCUT2D eigenvalue weighted by atomic mass is 19.1. The molecule has 0 aliphatic heterocycles. The van der Waals surface area contributed by atoms with E-state index in [2.05, 4.69) is 0 Å². The van der Waals surface area contributed by atoms with Gasteiger partial charge in [-0.1, -0.05) is 12.1 Å². The molecular weight excluding hydrogens is 271 g/mol. The summed E-state index contributed by atoms with van der Waals surface area (Å²) in [6, 6.07) is 11.4. The Bertz CT molecular complexity index is 627. The Kier molecular flexibility index (Phi) is 4.90. The zero-order valence-electron chi connectivity index (χ0n) is 11.7. The molecule has 0 aliphatic rings.